The van der Waals surface area contributed by atoms with E-state index in [0.717, 1.165) is 11.4 Å². The second-order valence-electron chi connectivity index (χ2n) is 5.34. The van der Waals surface area contributed by atoms with Crippen molar-refractivity contribution in [3.8, 4) is 0 Å². The van der Waals surface area contributed by atoms with Gasteiger partial charge < -0.3 is 16.0 Å². The smallest absolute Gasteiger partial charge is 0.255 e. The van der Waals surface area contributed by atoms with Gasteiger partial charge in [-0.3, -0.25) is 4.79 Å². The molecule has 0 unspecified atom stereocenters. The molecule has 3 aromatic rings. The molecular formula is C19H17ClN4O. The fourth-order valence-electron chi connectivity index (χ4n) is 2.28. The number of hydrogen-bond donors (Lipinski definition) is 3. The summed E-state index contributed by atoms with van der Waals surface area (Å²) in [5, 5.41) is 9.28. The molecule has 1 amide bonds. The first-order valence-electron chi connectivity index (χ1n) is 7.73. The number of anilines is 4. The minimum absolute atomic E-state index is 0.246. The van der Waals surface area contributed by atoms with E-state index >= 15 is 0 Å². The first-order chi connectivity index (χ1) is 12.1. The van der Waals surface area contributed by atoms with Crippen LogP contribution >= 0.6 is 11.6 Å². The van der Waals surface area contributed by atoms with Crippen LogP contribution in [0.5, 0.6) is 0 Å². The predicted molar refractivity (Wildman–Crippen MR) is 103 cm³/mol. The lowest BCUT2D eigenvalue weighted by Gasteiger charge is -2.09. The van der Waals surface area contributed by atoms with E-state index < -0.39 is 0 Å². The van der Waals surface area contributed by atoms with E-state index in [1.807, 2.05) is 54.6 Å². The Morgan fingerprint density at radius 3 is 2.24 bits per heavy atom. The van der Waals surface area contributed by atoms with Crippen molar-refractivity contribution in [3.05, 3.63) is 77.4 Å². The molecule has 1 heterocycles. The highest BCUT2D eigenvalue weighted by atomic mass is 35.5. The second-order valence-corrected chi connectivity index (χ2v) is 5.72. The lowest BCUT2D eigenvalue weighted by Crippen LogP contribution is -2.12. The van der Waals surface area contributed by atoms with Crippen LogP contribution in [0.3, 0.4) is 0 Å². The zero-order valence-corrected chi connectivity index (χ0v) is 14.3. The molecule has 5 nitrogen and oxygen atoms in total. The van der Waals surface area contributed by atoms with Gasteiger partial charge in [0.1, 0.15) is 11.0 Å². The molecule has 0 atom stereocenters. The monoisotopic (exact) mass is 352 g/mol. The van der Waals surface area contributed by atoms with Crippen molar-refractivity contribution in [2.24, 2.45) is 0 Å². The zero-order chi connectivity index (χ0) is 17.6. The van der Waals surface area contributed by atoms with E-state index in [-0.39, 0.29) is 11.1 Å². The van der Waals surface area contributed by atoms with Gasteiger partial charge in [-0.1, -0.05) is 29.8 Å². The third-order valence-electron chi connectivity index (χ3n) is 3.52. The van der Waals surface area contributed by atoms with E-state index in [4.69, 9.17) is 11.6 Å². The van der Waals surface area contributed by atoms with Crippen molar-refractivity contribution in [2.75, 3.05) is 23.0 Å². The van der Waals surface area contributed by atoms with Crippen molar-refractivity contribution in [2.45, 2.75) is 0 Å². The second kappa shape index (κ2) is 7.68. The highest BCUT2D eigenvalue weighted by Gasteiger charge is 2.09. The van der Waals surface area contributed by atoms with Crippen molar-refractivity contribution < 1.29 is 4.79 Å². The van der Waals surface area contributed by atoms with Gasteiger partial charge >= 0.3 is 0 Å². The lowest BCUT2D eigenvalue weighted by atomic mass is 10.2. The average molecular weight is 353 g/mol. The summed E-state index contributed by atoms with van der Waals surface area (Å²) in [6, 6.07) is 20.5. The highest BCUT2D eigenvalue weighted by molar-refractivity contribution is 6.30. The van der Waals surface area contributed by atoms with E-state index in [9.17, 15) is 4.79 Å². The summed E-state index contributed by atoms with van der Waals surface area (Å²) in [5.41, 5.74) is 3.08. The van der Waals surface area contributed by atoms with Crippen molar-refractivity contribution in [1.29, 1.82) is 0 Å². The Kier molecular flexibility index (Phi) is 5.16. The average Bonchev–Trinajstić information content (AvgIpc) is 2.63. The SMILES string of the molecule is CNc1cc(C(=O)Nc2ccc(Nc3ccccc3)cc2)cc(Cl)n1. The van der Waals surface area contributed by atoms with Gasteiger partial charge in [-0.25, -0.2) is 4.98 Å². The van der Waals surface area contributed by atoms with E-state index in [1.54, 1.807) is 13.1 Å². The fourth-order valence-corrected chi connectivity index (χ4v) is 2.49. The zero-order valence-electron chi connectivity index (χ0n) is 13.6. The van der Waals surface area contributed by atoms with E-state index in [1.165, 1.54) is 6.07 Å². The van der Waals surface area contributed by atoms with Crippen LogP contribution in [0.15, 0.2) is 66.7 Å². The topological polar surface area (TPSA) is 66.1 Å². The lowest BCUT2D eigenvalue weighted by molar-refractivity contribution is 0.102. The molecule has 0 fully saturated rings. The first kappa shape index (κ1) is 16.8. The molecule has 126 valence electrons. The Balaban J connectivity index is 1.69. The summed E-state index contributed by atoms with van der Waals surface area (Å²) in [6.45, 7) is 0. The number of halogens is 1. The number of nitrogens with zero attached hydrogens (tertiary/aromatic N) is 1. The van der Waals surface area contributed by atoms with E-state index in [2.05, 4.69) is 20.9 Å². The Morgan fingerprint density at radius 1 is 0.920 bits per heavy atom. The summed E-state index contributed by atoms with van der Waals surface area (Å²) < 4.78 is 0. The summed E-state index contributed by atoms with van der Waals surface area (Å²) in [5.74, 6) is 0.296. The minimum atomic E-state index is -0.246. The minimum Gasteiger partial charge on any atom is -0.373 e. The number of carbonyl (C=O) groups is 1. The number of benzene rings is 2. The van der Waals surface area contributed by atoms with Crippen LogP contribution in [-0.2, 0) is 0 Å². The first-order valence-corrected chi connectivity index (χ1v) is 8.11. The number of nitrogens with one attached hydrogen (secondary N) is 3. The molecule has 0 bridgehead atoms. The van der Waals surface area contributed by atoms with Crippen LogP contribution in [0.1, 0.15) is 10.4 Å². The number of carbonyl (C=O) groups excluding carboxylic acids is 1. The molecule has 6 heteroatoms. The van der Waals surface area contributed by atoms with Crippen LogP contribution in [0.25, 0.3) is 0 Å². The van der Waals surface area contributed by atoms with E-state index in [0.29, 0.717) is 17.1 Å². The van der Waals surface area contributed by atoms with Gasteiger partial charge in [0.25, 0.3) is 5.91 Å². The molecule has 0 saturated heterocycles. The molecule has 0 radical (unpaired) electrons. The summed E-state index contributed by atoms with van der Waals surface area (Å²) in [7, 11) is 1.72. The molecule has 0 aliphatic heterocycles. The Morgan fingerprint density at radius 2 is 1.56 bits per heavy atom. The number of amides is 1. The van der Waals surface area contributed by atoms with Crippen LogP contribution in [0.4, 0.5) is 22.9 Å². The number of pyridine rings is 1. The summed E-state index contributed by atoms with van der Waals surface area (Å²) >= 11 is 5.93. The number of para-hydroxylation sites is 1. The maximum absolute atomic E-state index is 12.4. The number of hydrogen-bond acceptors (Lipinski definition) is 4. The predicted octanol–water partition coefficient (Wildman–Crippen LogP) is 4.77. The fraction of sp³-hybridized carbons (Fsp3) is 0.0526. The van der Waals surface area contributed by atoms with Gasteiger partial charge in [0, 0.05) is 29.7 Å². The molecule has 3 rings (SSSR count). The van der Waals surface area contributed by atoms with Crippen LogP contribution in [-0.4, -0.2) is 17.9 Å². The van der Waals surface area contributed by atoms with Gasteiger partial charge in [-0.15, -0.1) is 0 Å². The molecule has 0 aliphatic rings. The molecule has 1 aromatic heterocycles. The van der Waals surface area contributed by atoms with Gasteiger partial charge in [-0.2, -0.15) is 0 Å². The van der Waals surface area contributed by atoms with Crippen molar-refractivity contribution in [1.82, 2.24) is 4.98 Å². The third-order valence-corrected chi connectivity index (χ3v) is 3.71. The van der Waals surface area contributed by atoms with Gasteiger partial charge in [-0.05, 0) is 48.5 Å². The normalized spacial score (nSPS) is 10.2. The highest BCUT2D eigenvalue weighted by Crippen LogP contribution is 2.20. The third kappa shape index (κ3) is 4.49. The molecule has 0 saturated carbocycles. The van der Waals surface area contributed by atoms with Gasteiger partial charge in [0.15, 0.2) is 0 Å². The van der Waals surface area contributed by atoms with Crippen LogP contribution in [0.2, 0.25) is 5.15 Å². The maximum Gasteiger partial charge on any atom is 0.255 e. The summed E-state index contributed by atoms with van der Waals surface area (Å²) in [4.78, 5) is 16.4. The molecular weight excluding hydrogens is 336 g/mol. The largest absolute Gasteiger partial charge is 0.373 e. The quantitative estimate of drug-likeness (QED) is 0.578. The number of aromatic nitrogens is 1. The van der Waals surface area contributed by atoms with Crippen LogP contribution < -0.4 is 16.0 Å². The van der Waals surface area contributed by atoms with Crippen LogP contribution in [0, 0.1) is 0 Å². The molecule has 0 aliphatic carbocycles. The Labute approximate surface area is 151 Å². The maximum atomic E-state index is 12.4. The number of rotatable bonds is 5. The molecule has 0 spiro atoms. The molecule has 2 aromatic carbocycles. The molecule has 3 N–H and O–H groups in total. The van der Waals surface area contributed by atoms with Gasteiger partial charge in [0.05, 0.1) is 0 Å². The standard InChI is InChI=1S/C19H17ClN4O/c1-21-18-12-13(11-17(20)24-18)19(25)23-16-9-7-15(8-10-16)22-14-5-3-2-4-6-14/h2-12,22H,1H3,(H,21,24)(H,23,25). The Bertz CT molecular complexity index is 866. The van der Waals surface area contributed by atoms with Crippen molar-refractivity contribution >= 4 is 40.4 Å². The summed E-state index contributed by atoms with van der Waals surface area (Å²) in [6.07, 6.45) is 0. The van der Waals surface area contributed by atoms with Gasteiger partial charge in [0.2, 0.25) is 0 Å². The Hall–Kier alpha value is -3.05. The molecule has 25 heavy (non-hydrogen) atoms. The van der Waals surface area contributed by atoms with Crippen molar-refractivity contribution in [3.63, 3.8) is 0 Å².